The van der Waals surface area contributed by atoms with Crippen LogP contribution in [-0.2, 0) is 0 Å². The zero-order valence-corrected chi connectivity index (χ0v) is 10.1. The van der Waals surface area contributed by atoms with Crippen molar-refractivity contribution in [1.82, 2.24) is 0 Å². The van der Waals surface area contributed by atoms with Crippen molar-refractivity contribution in [3.05, 3.63) is 53.6 Å². The summed E-state index contributed by atoms with van der Waals surface area (Å²) in [5.41, 5.74) is 1.96. The molecule has 0 spiro atoms. The van der Waals surface area contributed by atoms with Gasteiger partial charge >= 0.3 is 7.12 Å². The molecule has 96 valence electrons. The van der Waals surface area contributed by atoms with Gasteiger partial charge in [-0.05, 0) is 28.7 Å². The van der Waals surface area contributed by atoms with E-state index >= 15 is 0 Å². The maximum Gasteiger partial charge on any atom is 0.488 e. The molecule has 4 N–H and O–H groups in total. The second kappa shape index (κ2) is 5.60. The topological polar surface area (TPSA) is 80.9 Å². The second-order valence-electron chi connectivity index (χ2n) is 4.16. The molecular weight excluding hydrogens is 243 g/mol. The van der Waals surface area contributed by atoms with E-state index in [9.17, 15) is 10.2 Å². The molecule has 0 unspecified atom stereocenters. The van der Waals surface area contributed by atoms with Crippen LogP contribution in [0.3, 0.4) is 0 Å². The molecule has 0 saturated heterocycles. The van der Waals surface area contributed by atoms with Crippen LogP contribution in [0.1, 0.15) is 11.1 Å². The summed E-state index contributed by atoms with van der Waals surface area (Å²) in [7, 11) is -1.47. The monoisotopic (exact) mass is 256 g/mol. The fraction of sp³-hybridized carbons (Fsp3) is 0. The Hall–Kier alpha value is -2.24. The number of phenolic OH excluding ortho intramolecular Hbond substituents is 2. The van der Waals surface area contributed by atoms with Crippen molar-refractivity contribution >= 4 is 24.7 Å². The van der Waals surface area contributed by atoms with Crippen LogP contribution in [0.5, 0.6) is 11.5 Å². The van der Waals surface area contributed by atoms with Crippen LogP contribution in [0, 0.1) is 0 Å². The lowest BCUT2D eigenvalue weighted by Crippen LogP contribution is -2.29. The largest absolute Gasteiger partial charge is 0.508 e. The number of benzene rings is 2. The first-order valence-electron chi connectivity index (χ1n) is 5.72. The van der Waals surface area contributed by atoms with Crippen LogP contribution >= 0.6 is 0 Å². The number of hydrogen-bond donors (Lipinski definition) is 4. The van der Waals surface area contributed by atoms with E-state index in [1.165, 1.54) is 18.2 Å². The van der Waals surface area contributed by atoms with E-state index < -0.39 is 7.12 Å². The average molecular weight is 256 g/mol. The Kier molecular flexibility index (Phi) is 3.89. The van der Waals surface area contributed by atoms with Crippen LogP contribution in [0.25, 0.3) is 12.2 Å². The van der Waals surface area contributed by atoms with Crippen molar-refractivity contribution in [3.63, 3.8) is 0 Å². The van der Waals surface area contributed by atoms with Crippen molar-refractivity contribution in [1.29, 1.82) is 0 Å². The van der Waals surface area contributed by atoms with Gasteiger partial charge in [0.2, 0.25) is 0 Å². The van der Waals surface area contributed by atoms with Crippen molar-refractivity contribution in [2.75, 3.05) is 0 Å². The smallest absolute Gasteiger partial charge is 0.488 e. The van der Waals surface area contributed by atoms with E-state index in [1.54, 1.807) is 36.4 Å². The predicted octanol–water partition coefficient (Wildman–Crippen LogP) is 0.948. The van der Waals surface area contributed by atoms with Gasteiger partial charge in [-0.25, -0.2) is 0 Å². The molecule has 2 aromatic rings. The molecule has 4 nitrogen and oxygen atoms in total. The Bertz CT molecular complexity index is 571. The minimum absolute atomic E-state index is 0.00148. The third-order valence-corrected chi connectivity index (χ3v) is 2.63. The number of rotatable bonds is 3. The summed E-state index contributed by atoms with van der Waals surface area (Å²) in [4.78, 5) is 0. The molecule has 19 heavy (non-hydrogen) atoms. The maximum absolute atomic E-state index is 9.34. The van der Waals surface area contributed by atoms with Gasteiger partial charge in [0.25, 0.3) is 0 Å². The third-order valence-electron chi connectivity index (χ3n) is 2.63. The quantitative estimate of drug-likeness (QED) is 0.487. The van der Waals surface area contributed by atoms with Gasteiger partial charge in [-0.3, -0.25) is 0 Å². The highest BCUT2D eigenvalue weighted by Crippen LogP contribution is 2.21. The molecular formula is C14H13BO4. The first-order valence-corrected chi connectivity index (χ1v) is 5.72. The minimum Gasteiger partial charge on any atom is -0.508 e. The normalized spacial score (nSPS) is 10.8. The molecule has 5 heteroatoms. The first-order chi connectivity index (χ1) is 9.04. The zero-order chi connectivity index (χ0) is 13.8. The predicted molar refractivity (Wildman–Crippen MR) is 75.0 cm³/mol. The van der Waals surface area contributed by atoms with Gasteiger partial charge in [-0.1, -0.05) is 36.4 Å². The lowest BCUT2D eigenvalue weighted by molar-refractivity contribution is 0.425. The molecule has 0 amide bonds. The SMILES string of the molecule is OB(O)c1ccc(/C=C/c2cc(O)cc(O)c2)cc1. The van der Waals surface area contributed by atoms with Crippen molar-refractivity contribution in [2.24, 2.45) is 0 Å². The van der Waals surface area contributed by atoms with Crippen LogP contribution in [0.2, 0.25) is 0 Å². The third kappa shape index (κ3) is 3.61. The Morgan fingerprint density at radius 3 is 1.79 bits per heavy atom. The Labute approximate surface area is 111 Å². The summed E-state index contributed by atoms with van der Waals surface area (Å²) in [5.74, 6) is -0.00296. The molecule has 2 aromatic carbocycles. The van der Waals surface area contributed by atoms with Crippen molar-refractivity contribution in [3.8, 4) is 11.5 Å². The van der Waals surface area contributed by atoms with Crippen LogP contribution < -0.4 is 5.46 Å². The summed E-state index contributed by atoms with van der Waals surface area (Å²) in [6, 6.07) is 11.0. The highest BCUT2D eigenvalue weighted by molar-refractivity contribution is 6.58. The molecule has 0 aliphatic heterocycles. The lowest BCUT2D eigenvalue weighted by atomic mass is 9.80. The van der Waals surface area contributed by atoms with Crippen LogP contribution in [-0.4, -0.2) is 27.4 Å². The van der Waals surface area contributed by atoms with Gasteiger partial charge in [-0.15, -0.1) is 0 Å². The summed E-state index contributed by atoms with van der Waals surface area (Å²) < 4.78 is 0. The molecule has 0 radical (unpaired) electrons. The minimum atomic E-state index is -1.47. The van der Waals surface area contributed by atoms with Crippen molar-refractivity contribution < 1.29 is 20.3 Å². The van der Waals surface area contributed by atoms with Crippen LogP contribution in [0.4, 0.5) is 0 Å². The molecule has 0 heterocycles. The fourth-order valence-electron chi connectivity index (χ4n) is 1.69. The average Bonchev–Trinajstić information content (AvgIpc) is 2.36. The number of hydrogen-bond acceptors (Lipinski definition) is 4. The Morgan fingerprint density at radius 1 is 0.737 bits per heavy atom. The van der Waals surface area contributed by atoms with Gasteiger partial charge in [0.15, 0.2) is 0 Å². The molecule has 0 bridgehead atoms. The fourth-order valence-corrected chi connectivity index (χ4v) is 1.69. The van der Waals surface area contributed by atoms with Gasteiger partial charge in [0.1, 0.15) is 11.5 Å². The number of aromatic hydroxyl groups is 2. The molecule has 2 rings (SSSR count). The van der Waals surface area contributed by atoms with Crippen LogP contribution in [0.15, 0.2) is 42.5 Å². The maximum atomic E-state index is 9.34. The Balaban J connectivity index is 2.17. The zero-order valence-electron chi connectivity index (χ0n) is 10.1. The standard InChI is InChI=1S/C14H13BO4/c16-13-7-11(8-14(17)9-13)2-1-10-3-5-12(6-4-10)15(18)19/h1-9,16-19H/b2-1+. The summed E-state index contributed by atoms with van der Waals surface area (Å²) in [5, 5.41) is 36.6. The molecule has 0 aliphatic rings. The molecule has 0 aliphatic carbocycles. The van der Waals surface area contributed by atoms with E-state index in [2.05, 4.69) is 0 Å². The summed E-state index contributed by atoms with van der Waals surface area (Å²) in [6.45, 7) is 0. The van der Waals surface area contributed by atoms with E-state index in [4.69, 9.17) is 10.0 Å². The molecule has 0 aromatic heterocycles. The highest BCUT2D eigenvalue weighted by Gasteiger charge is 2.08. The lowest BCUT2D eigenvalue weighted by Gasteiger charge is -2.00. The summed E-state index contributed by atoms with van der Waals surface area (Å²) in [6.07, 6.45) is 3.53. The molecule has 0 saturated carbocycles. The molecule has 0 fully saturated rings. The van der Waals surface area contributed by atoms with E-state index in [0.717, 1.165) is 5.56 Å². The molecule has 0 atom stereocenters. The van der Waals surface area contributed by atoms with Gasteiger partial charge in [-0.2, -0.15) is 0 Å². The van der Waals surface area contributed by atoms with Gasteiger partial charge in [0.05, 0.1) is 0 Å². The summed E-state index contributed by atoms with van der Waals surface area (Å²) >= 11 is 0. The first kappa shape index (κ1) is 13.2. The van der Waals surface area contributed by atoms with Gasteiger partial charge < -0.3 is 20.3 Å². The van der Waals surface area contributed by atoms with E-state index in [0.29, 0.717) is 11.0 Å². The highest BCUT2D eigenvalue weighted by atomic mass is 16.4. The van der Waals surface area contributed by atoms with Crippen molar-refractivity contribution in [2.45, 2.75) is 0 Å². The number of phenols is 2. The second-order valence-corrected chi connectivity index (χ2v) is 4.16. The van der Waals surface area contributed by atoms with E-state index in [-0.39, 0.29) is 11.5 Å². The Morgan fingerprint density at radius 2 is 1.26 bits per heavy atom. The van der Waals surface area contributed by atoms with Gasteiger partial charge in [0, 0.05) is 6.07 Å². The van der Waals surface area contributed by atoms with E-state index in [1.807, 2.05) is 0 Å².